The van der Waals surface area contributed by atoms with Gasteiger partial charge in [-0.1, -0.05) is 13.3 Å². The zero-order valence-corrected chi connectivity index (χ0v) is 15.9. The van der Waals surface area contributed by atoms with Gasteiger partial charge in [0, 0.05) is 51.0 Å². The van der Waals surface area contributed by atoms with Crippen LogP contribution in [0.3, 0.4) is 0 Å². The molecule has 0 aromatic carbocycles. The van der Waals surface area contributed by atoms with Crippen LogP contribution in [-0.4, -0.2) is 75.7 Å². The highest BCUT2D eigenvalue weighted by molar-refractivity contribution is 5.82. The van der Waals surface area contributed by atoms with Crippen LogP contribution in [0.15, 0.2) is 12.4 Å². The first-order chi connectivity index (χ1) is 12.2. The molecule has 0 radical (unpaired) electrons. The standard InChI is InChI=1S/C19H33N5O/c1-3-22-10-6-5-8-18(22)19(25)23-11-7-9-21(12-13-23)15-17-14-20-24(4-2)16-17/h14,16,18H,3-13,15H2,1-2H3/t18-/m1/s1. The van der Waals surface area contributed by atoms with Crippen molar-refractivity contribution in [3.05, 3.63) is 18.0 Å². The number of hydrogen-bond acceptors (Lipinski definition) is 4. The van der Waals surface area contributed by atoms with Gasteiger partial charge in [0.05, 0.1) is 12.2 Å². The van der Waals surface area contributed by atoms with Gasteiger partial charge in [-0.25, -0.2) is 0 Å². The summed E-state index contributed by atoms with van der Waals surface area (Å²) in [4.78, 5) is 20.0. The van der Waals surface area contributed by atoms with Crippen molar-refractivity contribution >= 4 is 5.91 Å². The second-order valence-electron chi connectivity index (χ2n) is 7.30. The molecule has 0 aliphatic carbocycles. The maximum Gasteiger partial charge on any atom is 0.239 e. The Morgan fingerprint density at radius 3 is 2.72 bits per heavy atom. The van der Waals surface area contributed by atoms with Crippen molar-refractivity contribution in [2.24, 2.45) is 0 Å². The maximum absolute atomic E-state index is 13.0. The predicted molar refractivity (Wildman–Crippen MR) is 99.3 cm³/mol. The summed E-state index contributed by atoms with van der Waals surface area (Å²) >= 11 is 0. The van der Waals surface area contributed by atoms with Gasteiger partial charge in [-0.15, -0.1) is 0 Å². The van der Waals surface area contributed by atoms with Crippen molar-refractivity contribution in [1.29, 1.82) is 0 Å². The SMILES string of the molecule is CCN1CCCC[C@@H]1C(=O)N1CCCN(Cc2cnn(CC)c2)CC1. The summed E-state index contributed by atoms with van der Waals surface area (Å²) in [7, 11) is 0. The van der Waals surface area contributed by atoms with Crippen LogP contribution in [0, 0.1) is 0 Å². The number of likely N-dealkylation sites (N-methyl/N-ethyl adjacent to an activating group) is 1. The molecule has 0 spiro atoms. The molecule has 0 bridgehead atoms. The fourth-order valence-corrected chi connectivity index (χ4v) is 4.13. The lowest BCUT2D eigenvalue weighted by molar-refractivity contribution is -0.138. The molecule has 1 aromatic rings. The Hall–Kier alpha value is -1.40. The van der Waals surface area contributed by atoms with Crippen molar-refractivity contribution in [1.82, 2.24) is 24.5 Å². The average molecular weight is 348 g/mol. The van der Waals surface area contributed by atoms with E-state index in [9.17, 15) is 4.79 Å². The summed E-state index contributed by atoms with van der Waals surface area (Å²) in [5, 5.41) is 4.37. The van der Waals surface area contributed by atoms with Crippen molar-refractivity contribution in [3.8, 4) is 0 Å². The molecule has 1 aromatic heterocycles. The summed E-state index contributed by atoms with van der Waals surface area (Å²) in [5.41, 5.74) is 1.27. The molecule has 2 aliphatic heterocycles. The fourth-order valence-electron chi connectivity index (χ4n) is 4.13. The normalized spacial score (nSPS) is 23.6. The Balaban J connectivity index is 1.54. The molecule has 6 heteroatoms. The second-order valence-corrected chi connectivity index (χ2v) is 7.30. The third kappa shape index (κ3) is 4.61. The molecule has 0 saturated carbocycles. The smallest absolute Gasteiger partial charge is 0.239 e. The predicted octanol–water partition coefficient (Wildman–Crippen LogP) is 1.81. The number of amides is 1. The van der Waals surface area contributed by atoms with Gasteiger partial charge in [-0.05, 0) is 39.3 Å². The molecule has 140 valence electrons. The molecular weight excluding hydrogens is 314 g/mol. The van der Waals surface area contributed by atoms with Crippen LogP contribution in [0.2, 0.25) is 0 Å². The topological polar surface area (TPSA) is 44.6 Å². The van der Waals surface area contributed by atoms with E-state index in [1.54, 1.807) is 0 Å². The van der Waals surface area contributed by atoms with Crippen molar-refractivity contribution in [3.63, 3.8) is 0 Å². The molecule has 0 N–H and O–H groups in total. The van der Waals surface area contributed by atoms with E-state index < -0.39 is 0 Å². The quantitative estimate of drug-likeness (QED) is 0.815. The molecule has 1 atom stereocenters. The summed E-state index contributed by atoms with van der Waals surface area (Å²) < 4.78 is 1.98. The second kappa shape index (κ2) is 8.81. The van der Waals surface area contributed by atoms with Gasteiger partial charge in [0.25, 0.3) is 0 Å². The highest BCUT2D eigenvalue weighted by Gasteiger charge is 2.31. The molecule has 6 nitrogen and oxygen atoms in total. The van der Waals surface area contributed by atoms with Gasteiger partial charge < -0.3 is 4.90 Å². The van der Waals surface area contributed by atoms with E-state index in [1.807, 2.05) is 10.9 Å². The lowest BCUT2D eigenvalue weighted by Crippen LogP contribution is -2.51. The first-order valence-corrected chi connectivity index (χ1v) is 9.97. The van der Waals surface area contributed by atoms with Crippen LogP contribution < -0.4 is 0 Å². The number of aromatic nitrogens is 2. The Labute approximate surface area is 151 Å². The number of piperidine rings is 1. The van der Waals surface area contributed by atoms with Gasteiger partial charge in [0.1, 0.15) is 0 Å². The Kier molecular flexibility index (Phi) is 6.48. The fraction of sp³-hybridized carbons (Fsp3) is 0.789. The molecule has 2 saturated heterocycles. The van der Waals surface area contributed by atoms with Crippen molar-refractivity contribution in [2.45, 2.75) is 58.7 Å². The number of nitrogens with zero attached hydrogens (tertiary/aromatic N) is 5. The van der Waals surface area contributed by atoms with Gasteiger partial charge in [-0.3, -0.25) is 19.3 Å². The molecule has 3 heterocycles. The van der Waals surface area contributed by atoms with E-state index in [0.29, 0.717) is 5.91 Å². The van der Waals surface area contributed by atoms with E-state index in [2.05, 4.69) is 39.8 Å². The minimum Gasteiger partial charge on any atom is -0.340 e. The van der Waals surface area contributed by atoms with Crippen LogP contribution in [-0.2, 0) is 17.9 Å². The summed E-state index contributed by atoms with van der Waals surface area (Å²) in [6, 6.07) is 0.119. The van der Waals surface area contributed by atoms with Gasteiger partial charge in [0.2, 0.25) is 5.91 Å². The van der Waals surface area contributed by atoms with Crippen LogP contribution >= 0.6 is 0 Å². The van der Waals surface area contributed by atoms with Crippen LogP contribution in [0.1, 0.15) is 45.1 Å². The van der Waals surface area contributed by atoms with Crippen molar-refractivity contribution in [2.75, 3.05) is 39.3 Å². The lowest BCUT2D eigenvalue weighted by Gasteiger charge is -2.36. The monoisotopic (exact) mass is 347 g/mol. The van der Waals surface area contributed by atoms with Crippen LogP contribution in [0.25, 0.3) is 0 Å². The molecule has 3 rings (SSSR count). The average Bonchev–Trinajstić information content (AvgIpc) is 2.98. The molecule has 2 fully saturated rings. The van der Waals surface area contributed by atoms with E-state index in [0.717, 1.165) is 65.2 Å². The molecule has 0 unspecified atom stereocenters. The molecule has 25 heavy (non-hydrogen) atoms. The summed E-state index contributed by atoms with van der Waals surface area (Å²) in [6.45, 7) is 12.0. The van der Waals surface area contributed by atoms with Gasteiger partial charge >= 0.3 is 0 Å². The van der Waals surface area contributed by atoms with Crippen molar-refractivity contribution < 1.29 is 4.79 Å². The minimum atomic E-state index is 0.119. The van der Waals surface area contributed by atoms with E-state index in [4.69, 9.17) is 0 Å². The van der Waals surface area contributed by atoms with E-state index in [1.165, 1.54) is 18.4 Å². The molecular formula is C19H33N5O. The minimum absolute atomic E-state index is 0.119. The third-order valence-corrected chi connectivity index (χ3v) is 5.62. The number of rotatable bonds is 5. The van der Waals surface area contributed by atoms with Crippen LogP contribution in [0.4, 0.5) is 0 Å². The summed E-state index contributed by atoms with van der Waals surface area (Å²) in [6.07, 6.45) is 8.62. The zero-order valence-electron chi connectivity index (χ0n) is 15.9. The first-order valence-electron chi connectivity index (χ1n) is 9.97. The maximum atomic E-state index is 13.0. The Morgan fingerprint density at radius 1 is 1.08 bits per heavy atom. The van der Waals surface area contributed by atoms with Gasteiger partial charge in [0.15, 0.2) is 0 Å². The number of likely N-dealkylation sites (tertiary alicyclic amines) is 1. The van der Waals surface area contributed by atoms with Gasteiger partial charge in [-0.2, -0.15) is 5.10 Å². The zero-order chi connectivity index (χ0) is 17.6. The Morgan fingerprint density at radius 2 is 1.96 bits per heavy atom. The first kappa shape index (κ1) is 18.4. The lowest BCUT2D eigenvalue weighted by atomic mass is 10.0. The summed E-state index contributed by atoms with van der Waals surface area (Å²) in [5.74, 6) is 0.363. The van der Waals surface area contributed by atoms with E-state index in [-0.39, 0.29) is 6.04 Å². The van der Waals surface area contributed by atoms with Crippen LogP contribution in [0.5, 0.6) is 0 Å². The highest BCUT2D eigenvalue weighted by atomic mass is 16.2. The molecule has 2 aliphatic rings. The number of carbonyl (C=O) groups is 1. The highest BCUT2D eigenvalue weighted by Crippen LogP contribution is 2.19. The number of carbonyl (C=O) groups excluding carboxylic acids is 1. The molecule has 1 amide bonds. The Bertz CT molecular complexity index is 558. The largest absolute Gasteiger partial charge is 0.340 e. The third-order valence-electron chi connectivity index (χ3n) is 5.62. The number of hydrogen-bond donors (Lipinski definition) is 0. The van der Waals surface area contributed by atoms with E-state index >= 15 is 0 Å². The number of aryl methyl sites for hydroxylation is 1.